The number of carbonyl (C=O) groups is 2. The van der Waals surface area contributed by atoms with Crippen molar-refractivity contribution in [3.05, 3.63) is 82.4 Å². The number of ketones is 1. The minimum Gasteiger partial charge on any atom is -0.435 e. The van der Waals surface area contributed by atoms with Crippen LogP contribution in [0.3, 0.4) is 0 Å². The minimum absolute atomic E-state index is 0.0953. The maximum Gasteiger partial charge on any atom is 0.387 e. The zero-order chi connectivity index (χ0) is 25.3. The summed E-state index contributed by atoms with van der Waals surface area (Å²) >= 11 is 6.10. The van der Waals surface area contributed by atoms with E-state index in [1.54, 1.807) is 18.2 Å². The van der Waals surface area contributed by atoms with Crippen LogP contribution in [0.25, 0.3) is 0 Å². The molecule has 0 saturated carbocycles. The number of Topliss-reactive ketones (excluding diaryl/α,β-unsaturated/α-hetero) is 1. The van der Waals surface area contributed by atoms with Gasteiger partial charge in [0.2, 0.25) is 0 Å². The Hall–Kier alpha value is -3.50. The zero-order valence-corrected chi connectivity index (χ0v) is 19.9. The first-order chi connectivity index (χ1) is 16.6. The van der Waals surface area contributed by atoms with Crippen molar-refractivity contribution in [2.24, 2.45) is 0 Å². The Bertz CT molecular complexity index is 1410. The van der Waals surface area contributed by atoms with Gasteiger partial charge in [-0.2, -0.15) is 8.78 Å². The van der Waals surface area contributed by atoms with Crippen LogP contribution in [0.2, 0.25) is 5.02 Å². The van der Waals surface area contributed by atoms with E-state index in [1.165, 1.54) is 41.6 Å². The lowest BCUT2D eigenvalue weighted by Crippen LogP contribution is -2.29. The van der Waals surface area contributed by atoms with Gasteiger partial charge in [-0.25, -0.2) is 8.42 Å². The number of hydrogen-bond acceptors (Lipinski definition) is 5. The molecule has 1 aliphatic rings. The fourth-order valence-corrected chi connectivity index (χ4v) is 5.55. The lowest BCUT2D eigenvalue weighted by Gasteiger charge is -2.20. The summed E-state index contributed by atoms with van der Waals surface area (Å²) < 4.78 is 56.6. The topological polar surface area (TPSA) is 92.8 Å². The van der Waals surface area contributed by atoms with Crippen molar-refractivity contribution in [3.8, 4) is 5.75 Å². The first kappa shape index (κ1) is 24.6. The zero-order valence-electron chi connectivity index (χ0n) is 18.3. The van der Waals surface area contributed by atoms with Crippen molar-refractivity contribution < 1.29 is 31.5 Å². The van der Waals surface area contributed by atoms with Gasteiger partial charge in [0.1, 0.15) is 5.75 Å². The molecule has 3 aromatic carbocycles. The molecule has 0 atom stereocenters. The maximum absolute atomic E-state index is 13.2. The van der Waals surface area contributed by atoms with Crippen LogP contribution < -0.4 is 14.4 Å². The third-order valence-corrected chi connectivity index (χ3v) is 7.58. The fourth-order valence-electron chi connectivity index (χ4n) is 3.74. The molecule has 0 unspecified atom stereocenters. The first-order valence-electron chi connectivity index (χ1n) is 10.4. The molecular formula is C24H19ClF2N2O5S. The third-order valence-electron chi connectivity index (χ3n) is 5.44. The second-order valence-corrected chi connectivity index (χ2v) is 10.00. The number of carbonyl (C=O) groups excluding carboxylic acids is 2. The lowest BCUT2D eigenvalue weighted by atomic mass is 10.1. The summed E-state index contributed by atoms with van der Waals surface area (Å²) in [5, 5.41) is 2.89. The molecule has 1 amide bonds. The Morgan fingerprint density at radius 2 is 1.77 bits per heavy atom. The van der Waals surface area contributed by atoms with Gasteiger partial charge in [-0.05, 0) is 73.5 Å². The van der Waals surface area contributed by atoms with Gasteiger partial charge < -0.3 is 10.1 Å². The molecule has 11 heteroatoms. The van der Waals surface area contributed by atoms with Gasteiger partial charge >= 0.3 is 6.61 Å². The molecule has 1 heterocycles. The molecule has 35 heavy (non-hydrogen) atoms. The molecule has 0 aromatic heterocycles. The van der Waals surface area contributed by atoms with Crippen molar-refractivity contribution in [3.63, 3.8) is 0 Å². The number of sulfonamides is 1. The van der Waals surface area contributed by atoms with E-state index in [9.17, 15) is 26.8 Å². The van der Waals surface area contributed by atoms with Gasteiger partial charge in [0.25, 0.3) is 15.9 Å². The van der Waals surface area contributed by atoms with Crippen LogP contribution in [0.15, 0.2) is 65.6 Å². The number of anilines is 2. The van der Waals surface area contributed by atoms with Gasteiger partial charge in [-0.3, -0.25) is 13.9 Å². The van der Waals surface area contributed by atoms with E-state index >= 15 is 0 Å². The fraction of sp³-hybridized carbons (Fsp3) is 0.167. The first-order valence-corrected chi connectivity index (χ1v) is 12.2. The Morgan fingerprint density at radius 1 is 1.06 bits per heavy atom. The Morgan fingerprint density at radius 3 is 2.40 bits per heavy atom. The summed E-state index contributed by atoms with van der Waals surface area (Å²) in [4.78, 5) is 24.3. The summed E-state index contributed by atoms with van der Waals surface area (Å²) in [6, 6.07) is 14.0. The quantitative estimate of drug-likeness (QED) is 0.435. The Balaban J connectivity index is 1.57. The Labute approximate surface area is 205 Å². The normalized spacial score (nSPS) is 13.0. The second-order valence-electron chi connectivity index (χ2n) is 7.73. The van der Waals surface area contributed by atoms with Gasteiger partial charge in [-0.1, -0.05) is 17.7 Å². The van der Waals surface area contributed by atoms with E-state index in [1.807, 2.05) is 0 Å². The molecule has 0 fully saturated rings. The number of nitrogens with one attached hydrogen (secondary N) is 1. The monoisotopic (exact) mass is 520 g/mol. The van der Waals surface area contributed by atoms with Crippen LogP contribution >= 0.6 is 11.6 Å². The molecule has 1 aliphatic heterocycles. The molecule has 0 spiro atoms. The summed E-state index contributed by atoms with van der Waals surface area (Å²) in [6.07, 6.45) is 0.450. The average molecular weight is 521 g/mol. The molecule has 0 radical (unpaired) electrons. The molecule has 182 valence electrons. The van der Waals surface area contributed by atoms with Crippen molar-refractivity contribution in [1.82, 2.24) is 0 Å². The number of amides is 1. The van der Waals surface area contributed by atoms with Gasteiger partial charge in [0, 0.05) is 23.4 Å². The van der Waals surface area contributed by atoms with Gasteiger partial charge in [0.05, 0.1) is 15.6 Å². The maximum atomic E-state index is 13.2. The van der Waals surface area contributed by atoms with E-state index in [2.05, 4.69) is 10.1 Å². The highest BCUT2D eigenvalue weighted by atomic mass is 35.5. The largest absolute Gasteiger partial charge is 0.435 e. The van der Waals surface area contributed by atoms with E-state index in [0.717, 1.165) is 17.7 Å². The number of ether oxygens (including phenoxy) is 1. The van der Waals surface area contributed by atoms with E-state index in [4.69, 9.17) is 11.6 Å². The molecule has 0 bridgehead atoms. The van der Waals surface area contributed by atoms with Crippen molar-refractivity contribution in [2.45, 2.75) is 24.9 Å². The molecule has 0 aliphatic carbocycles. The Kier molecular flexibility index (Phi) is 6.77. The number of benzene rings is 3. The highest BCUT2D eigenvalue weighted by Gasteiger charge is 2.31. The van der Waals surface area contributed by atoms with Crippen molar-refractivity contribution in [1.29, 1.82) is 0 Å². The third kappa shape index (κ3) is 5.13. The van der Waals surface area contributed by atoms with Crippen LogP contribution in [-0.4, -0.2) is 33.3 Å². The predicted molar refractivity (Wildman–Crippen MR) is 127 cm³/mol. The number of alkyl halides is 2. The van der Waals surface area contributed by atoms with E-state index in [0.29, 0.717) is 23.4 Å². The number of fused-ring (bicyclic) bond motifs is 1. The molecule has 7 nitrogen and oxygen atoms in total. The van der Waals surface area contributed by atoms with Crippen molar-refractivity contribution >= 4 is 44.7 Å². The summed E-state index contributed by atoms with van der Waals surface area (Å²) in [5.41, 5.74) is 2.03. The van der Waals surface area contributed by atoms with Crippen LogP contribution in [0.4, 0.5) is 20.2 Å². The SMILES string of the molecule is CC(=O)c1ccc(NC(=O)c2ccc3c(c2)N(S(=O)(=O)c2ccc(OC(F)F)cc2)CC3)cc1Cl. The standard InChI is InChI=1S/C24H19ClF2N2O5S/c1-14(30)20-9-4-17(13-21(20)25)28-23(31)16-3-2-15-10-11-29(22(15)12-16)35(32,33)19-7-5-18(6-8-19)34-24(26)27/h2-9,12-13,24H,10-11H2,1H3,(H,28,31). The highest BCUT2D eigenvalue weighted by molar-refractivity contribution is 7.92. The average Bonchev–Trinajstić information content (AvgIpc) is 3.23. The van der Waals surface area contributed by atoms with Gasteiger partial charge in [-0.15, -0.1) is 0 Å². The minimum atomic E-state index is -4.01. The summed E-state index contributed by atoms with van der Waals surface area (Å²) in [6.45, 7) is -1.47. The molecule has 4 rings (SSSR count). The molecular weight excluding hydrogens is 502 g/mol. The molecule has 0 saturated heterocycles. The molecule has 3 aromatic rings. The van der Waals surface area contributed by atoms with Crippen LogP contribution in [0.1, 0.15) is 33.2 Å². The number of halogens is 3. The van der Waals surface area contributed by atoms with Crippen LogP contribution in [0, 0.1) is 0 Å². The second kappa shape index (κ2) is 9.63. The predicted octanol–water partition coefficient (Wildman–Crippen LogP) is 5.15. The van der Waals surface area contributed by atoms with Gasteiger partial charge in [0.15, 0.2) is 5.78 Å². The number of hydrogen-bond donors (Lipinski definition) is 1. The number of nitrogens with zero attached hydrogens (tertiary/aromatic N) is 1. The van der Waals surface area contributed by atoms with E-state index in [-0.39, 0.29) is 33.6 Å². The van der Waals surface area contributed by atoms with E-state index < -0.39 is 22.5 Å². The lowest BCUT2D eigenvalue weighted by molar-refractivity contribution is -0.0498. The molecule has 1 N–H and O–H groups in total. The van der Waals surface area contributed by atoms with Crippen molar-refractivity contribution in [2.75, 3.05) is 16.2 Å². The van der Waals surface area contributed by atoms with Crippen LogP contribution in [0.5, 0.6) is 5.75 Å². The summed E-state index contributed by atoms with van der Waals surface area (Å²) in [5.74, 6) is -0.850. The van der Waals surface area contributed by atoms with Crippen LogP contribution in [-0.2, 0) is 16.4 Å². The summed E-state index contributed by atoms with van der Waals surface area (Å²) in [7, 11) is -4.01. The smallest absolute Gasteiger partial charge is 0.387 e. The number of rotatable bonds is 7. The highest BCUT2D eigenvalue weighted by Crippen LogP contribution is 2.34.